The molecule has 1 aliphatic heterocycles. The van der Waals surface area contributed by atoms with Crippen LogP contribution < -0.4 is 5.69 Å². The zero-order valence-corrected chi connectivity index (χ0v) is 12.7. The fourth-order valence-electron chi connectivity index (χ4n) is 2.55. The van der Waals surface area contributed by atoms with Crippen LogP contribution in [0.25, 0.3) is 0 Å². The second kappa shape index (κ2) is 5.57. The normalized spacial score (nSPS) is 16.9. The SMILES string of the molecule is CCCC1(O)CN(C(=O)c2c(SC)nc(=O)[nH]c2C)C1. The third-order valence-electron chi connectivity index (χ3n) is 3.47. The number of H-pyrrole nitrogens is 1. The van der Waals surface area contributed by atoms with Gasteiger partial charge in [0, 0.05) is 5.69 Å². The number of hydrogen-bond donors (Lipinski definition) is 2. The van der Waals surface area contributed by atoms with Crippen LogP contribution in [0.4, 0.5) is 0 Å². The third kappa shape index (κ3) is 2.73. The molecule has 7 heteroatoms. The Hall–Kier alpha value is -1.34. The molecule has 1 aromatic heterocycles. The smallest absolute Gasteiger partial charge is 0.346 e. The summed E-state index contributed by atoms with van der Waals surface area (Å²) in [5, 5.41) is 10.6. The number of likely N-dealkylation sites (tertiary alicyclic amines) is 1. The lowest BCUT2D eigenvalue weighted by Gasteiger charge is -2.46. The molecular formula is C13H19N3O3S. The third-order valence-corrected chi connectivity index (χ3v) is 4.15. The molecule has 20 heavy (non-hydrogen) atoms. The van der Waals surface area contributed by atoms with Gasteiger partial charge in [0.15, 0.2) is 0 Å². The van der Waals surface area contributed by atoms with Gasteiger partial charge in [-0.3, -0.25) is 4.79 Å². The molecular weight excluding hydrogens is 278 g/mol. The number of carbonyl (C=O) groups excluding carboxylic acids is 1. The van der Waals surface area contributed by atoms with E-state index in [4.69, 9.17) is 0 Å². The van der Waals surface area contributed by atoms with Crippen molar-refractivity contribution < 1.29 is 9.90 Å². The Balaban J connectivity index is 2.22. The molecule has 0 aliphatic carbocycles. The van der Waals surface area contributed by atoms with Gasteiger partial charge in [0.1, 0.15) is 5.03 Å². The van der Waals surface area contributed by atoms with E-state index in [1.807, 2.05) is 6.92 Å². The van der Waals surface area contributed by atoms with E-state index in [2.05, 4.69) is 9.97 Å². The second-order valence-corrected chi connectivity index (χ2v) is 5.98. The highest BCUT2D eigenvalue weighted by Crippen LogP contribution is 2.29. The summed E-state index contributed by atoms with van der Waals surface area (Å²) in [5.74, 6) is -0.184. The van der Waals surface area contributed by atoms with Crippen LogP contribution in [-0.2, 0) is 0 Å². The molecule has 2 rings (SSSR count). The maximum absolute atomic E-state index is 12.5. The first-order chi connectivity index (χ1) is 9.40. The number of thioether (sulfide) groups is 1. The van der Waals surface area contributed by atoms with Gasteiger partial charge in [0.2, 0.25) is 0 Å². The molecule has 110 valence electrons. The van der Waals surface area contributed by atoms with Crippen molar-refractivity contribution in [3.8, 4) is 0 Å². The zero-order chi connectivity index (χ0) is 14.9. The average molecular weight is 297 g/mol. The van der Waals surface area contributed by atoms with Crippen molar-refractivity contribution >= 4 is 17.7 Å². The maximum Gasteiger partial charge on any atom is 0.346 e. The largest absolute Gasteiger partial charge is 0.386 e. The van der Waals surface area contributed by atoms with Crippen LogP contribution in [-0.4, -0.2) is 50.8 Å². The standard InChI is InChI=1S/C13H19N3O3S/c1-4-5-13(19)6-16(7-13)11(17)9-8(2)14-12(18)15-10(9)20-3/h19H,4-7H2,1-3H3,(H,14,15,18). The van der Waals surface area contributed by atoms with E-state index in [1.54, 1.807) is 18.1 Å². The van der Waals surface area contributed by atoms with Gasteiger partial charge in [-0.15, -0.1) is 11.8 Å². The zero-order valence-electron chi connectivity index (χ0n) is 11.9. The predicted octanol–water partition coefficient (Wildman–Crippen LogP) is 0.787. The minimum atomic E-state index is -0.756. The Morgan fingerprint density at radius 3 is 2.75 bits per heavy atom. The lowest BCUT2D eigenvalue weighted by atomic mass is 9.89. The molecule has 1 fully saturated rings. The van der Waals surface area contributed by atoms with Crippen molar-refractivity contribution in [3.63, 3.8) is 0 Å². The van der Waals surface area contributed by atoms with Gasteiger partial charge in [-0.2, -0.15) is 4.98 Å². The number of nitrogens with one attached hydrogen (secondary N) is 1. The number of amides is 1. The Morgan fingerprint density at radius 1 is 1.55 bits per heavy atom. The van der Waals surface area contributed by atoms with E-state index in [0.29, 0.717) is 35.8 Å². The summed E-state index contributed by atoms with van der Waals surface area (Å²) in [5.41, 5.74) is -0.261. The highest BCUT2D eigenvalue weighted by molar-refractivity contribution is 7.98. The number of rotatable bonds is 4. The average Bonchev–Trinajstić information content (AvgIpc) is 2.34. The number of aryl methyl sites for hydroxylation is 1. The first kappa shape index (κ1) is 15.1. The number of aromatic amines is 1. The quantitative estimate of drug-likeness (QED) is 0.634. The highest BCUT2D eigenvalue weighted by atomic mass is 32.2. The molecule has 2 heterocycles. The molecule has 1 saturated heterocycles. The molecule has 0 aromatic carbocycles. The fraction of sp³-hybridized carbons (Fsp3) is 0.615. The van der Waals surface area contributed by atoms with Gasteiger partial charge >= 0.3 is 5.69 Å². The summed E-state index contributed by atoms with van der Waals surface area (Å²) in [6, 6.07) is 0. The van der Waals surface area contributed by atoms with Crippen LogP contribution in [0.3, 0.4) is 0 Å². The molecule has 6 nitrogen and oxygen atoms in total. The summed E-state index contributed by atoms with van der Waals surface area (Å²) >= 11 is 1.27. The van der Waals surface area contributed by atoms with Crippen LogP contribution in [0.1, 0.15) is 35.8 Å². The molecule has 0 radical (unpaired) electrons. The number of carbonyl (C=O) groups is 1. The molecule has 0 bridgehead atoms. The minimum Gasteiger partial charge on any atom is -0.386 e. The van der Waals surface area contributed by atoms with Crippen molar-refractivity contribution in [2.75, 3.05) is 19.3 Å². The summed E-state index contributed by atoms with van der Waals surface area (Å²) in [7, 11) is 0. The van der Waals surface area contributed by atoms with Gasteiger partial charge < -0.3 is 15.0 Å². The highest BCUT2D eigenvalue weighted by Gasteiger charge is 2.43. The first-order valence-electron chi connectivity index (χ1n) is 6.57. The van der Waals surface area contributed by atoms with E-state index < -0.39 is 11.3 Å². The molecule has 0 spiro atoms. The van der Waals surface area contributed by atoms with Crippen LogP contribution >= 0.6 is 11.8 Å². The van der Waals surface area contributed by atoms with Crippen molar-refractivity contribution in [1.82, 2.24) is 14.9 Å². The topological polar surface area (TPSA) is 86.3 Å². The monoisotopic (exact) mass is 297 g/mol. The van der Waals surface area contributed by atoms with Gasteiger partial charge in [-0.25, -0.2) is 4.79 Å². The molecule has 2 N–H and O–H groups in total. The van der Waals surface area contributed by atoms with Crippen LogP contribution in [0.2, 0.25) is 0 Å². The minimum absolute atomic E-state index is 0.184. The van der Waals surface area contributed by atoms with E-state index in [-0.39, 0.29) is 5.91 Å². The number of hydrogen-bond acceptors (Lipinski definition) is 5. The summed E-state index contributed by atoms with van der Waals surface area (Å²) in [6.45, 7) is 4.37. The van der Waals surface area contributed by atoms with Crippen LogP contribution in [0.5, 0.6) is 0 Å². The lowest BCUT2D eigenvalue weighted by molar-refractivity contribution is -0.0861. The Morgan fingerprint density at radius 2 is 2.20 bits per heavy atom. The van der Waals surface area contributed by atoms with E-state index in [9.17, 15) is 14.7 Å². The van der Waals surface area contributed by atoms with Gasteiger partial charge in [-0.05, 0) is 19.6 Å². The van der Waals surface area contributed by atoms with E-state index in [1.165, 1.54) is 11.8 Å². The van der Waals surface area contributed by atoms with Crippen molar-refractivity contribution in [1.29, 1.82) is 0 Å². The van der Waals surface area contributed by atoms with Gasteiger partial charge in [0.05, 0.1) is 24.3 Å². The van der Waals surface area contributed by atoms with Crippen LogP contribution in [0.15, 0.2) is 9.82 Å². The summed E-state index contributed by atoms with van der Waals surface area (Å²) in [6.07, 6.45) is 3.35. The first-order valence-corrected chi connectivity index (χ1v) is 7.79. The molecule has 0 unspecified atom stereocenters. The van der Waals surface area contributed by atoms with Crippen molar-refractivity contribution in [3.05, 3.63) is 21.7 Å². The molecule has 1 aliphatic rings. The van der Waals surface area contributed by atoms with Gasteiger partial charge in [0.25, 0.3) is 5.91 Å². The Kier molecular flexibility index (Phi) is 4.19. The predicted molar refractivity (Wildman–Crippen MR) is 77.1 cm³/mol. The number of β-amino-alcohol motifs (C(OH)–C–C–N with tert-alkyl or cyclic N) is 1. The fourth-order valence-corrected chi connectivity index (χ4v) is 3.17. The van der Waals surface area contributed by atoms with Crippen molar-refractivity contribution in [2.45, 2.75) is 37.3 Å². The second-order valence-electron chi connectivity index (χ2n) is 5.19. The van der Waals surface area contributed by atoms with Gasteiger partial charge in [-0.1, -0.05) is 13.3 Å². The van der Waals surface area contributed by atoms with E-state index in [0.717, 1.165) is 6.42 Å². The summed E-state index contributed by atoms with van der Waals surface area (Å²) in [4.78, 5) is 31.8. The molecule has 1 amide bonds. The number of nitrogens with zero attached hydrogens (tertiary/aromatic N) is 2. The number of aromatic nitrogens is 2. The molecule has 0 saturated carbocycles. The lowest BCUT2D eigenvalue weighted by Crippen LogP contribution is -2.63. The molecule has 0 atom stereocenters. The van der Waals surface area contributed by atoms with Crippen molar-refractivity contribution in [2.24, 2.45) is 0 Å². The van der Waals surface area contributed by atoms with E-state index >= 15 is 0 Å². The Bertz CT molecular complexity index is 579. The maximum atomic E-state index is 12.5. The summed E-state index contributed by atoms with van der Waals surface area (Å²) < 4.78 is 0. The Labute approximate surface area is 121 Å². The molecule has 1 aromatic rings. The number of aliphatic hydroxyl groups is 1. The van der Waals surface area contributed by atoms with Crippen LogP contribution in [0, 0.1) is 6.92 Å².